The number of non-ortho nitro benzene ring substituents is 4. The van der Waals surface area contributed by atoms with E-state index in [2.05, 4.69) is 10.0 Å². The van der Waals surface area contributed by atoms with Gasteiger partial charge in [-0.2, -0.15) is 0 Å². The van der Waals surface area contributed by atoms with Crippen LogP contribution in [0.25, 0.3) is 10.4 Å². The minimum absolute atomic E-state index is 0.107. The first-order valence-electron chi connectivity index (χ1n) is 18.7. The van der Waals surface area contributed by atoms with Gasteiger partial charge >= 0.3 is 5.97 Å². The number of esters is 1. The Labute approximate surface area is 348 Å². The Morgan fingerprint density at radius 3 is 1.73 bits per heavy atom. The highest BCUT2D eigenvalue weighted by Gasteiger charge is 2.62. The van der Waals surface area contributed by atoms with Gasteiger partial charge in [-0.25, -0.2) is 4.79 Å². The number of hydrogen-bond donors (Lipinski definition) is 0. The quantitative estimate of drug-likeness (QED) is 0.0686. The molecule has 5 heterocycles. The molecule has 0 bridgehead atoms. The van der Waals surface area contributed by atoms with E-state index in [9.17, 15) is 50.8 Å². The number of azide groups is 1. The molecule has 27 heteroatoms. The molecule has 0 aromatic heterocycles. The van der Waals surface area contributed by atoms with E-state index < -0.39 is 151 Å². The summed E-state index contributed by atoms with van der Waals surface area (Å²) in [6.45, 7) is 8.45. The molecular formula is C35H38N8O19. The van der Waals surface area contributed by atoms with Gasteiger partial charge in [0.25, 0.3) is 28.7 Å². The van der Waals surface area contributed by atoms with Crippen LogP contribution in [0, 0.1) is 40.5 Å². The lowest BCUT2D eigenvalue weighted by atomic mass is 9.97. The molecule has 5 aliphatic heterocycles. The topological polar surface area (TPSA) is 342 Å². The number of fused-ring (bicyclic) bond motifs is 2. The van der Waals surface area contributed by atoms with Gasteiger partial charge in [0.2, 0.25) is 0 Å². The lowest BCUT2D eigenvalue weighted by molar-refractivity contribution is -0.394. The zero-order chi connectivity index (χ0) is 45.2. The predicted octanol–water partition coefficient (Wildman–Crippen LogP) is 3.94. The highest BCUT2D eigenvalue weighted by molar-refractivity contribution is 5.96. The second-order valence-corrected chi connectivity index (χ2v) is 16.1. The first kappa shape index (κ1) is 44.0. The van der Waals surface area contributed by atoms with Crippen molar-refractivity contribution in [1.29, 1.82) is 0 Å². The van der Waals surface area contributed by atoms with Crippen molar-refractivity contribution in [3.05, 3.63) is 98.4 Å². The molecule has 0 radical (unpaired) electrons. The van der Waals surface area contributed by atoms with Crippen LogP contribution < -0.4 is 0 Å². The third-order valence-corrected chi connectivity index (χ3v) is 10.4. The summed E-state index contributed by atoms with van der Waals surface area (Å²) in [7, 11) is 0. The molecule has 0 saturated carbocycles. The minimum atomic E-state index is -1.85. The maximum atomic E-state index is 15.1. The average Bonchev–Trinajstić information content (AvgIpc) is 3.96. The third-order valence-electron chi connectivity index (χ3n) is 10.4. The Kier molecular flexibility index (Phi) is 11.4. The summed E-state index contributed by atoms with van der Waals surface area (Å²) in [6, 6.07) is 1.45. The predicted molar refractivity (Wildman–Crippen MR) is 199 cm³/mol. The molecule has 332 valence electrons. The van der Waals surface area contributed by atoms with Crippen LogP contribution in [-0.2, 0) is 42.6 Å². The number of nitro benzene ring substituents is 4. The zero-order valence-corrected chi connectivity index (χ0v) is 33.5. The van der Waals surface area contributed by atoms with Gasteiger partial charge in [-0.15, -0.1) is 0 Å². The fourth-order valence-corrected chi connectivity index (χ4v) is 8.04. The van der Waals surface area contributed by atoms with Crippen molar-refractivity contribution in [2.75, 3.05) is 13.2 Å². The third kappa shape index (κ3) is 8.69. The second kappa shape index (κ2) is 16.0. The van der Waals surface area contributed by atoms with Crippen molar-refractivity contribution in [3.63, 3.8) is 0 Å². The van der Waals surface area contributed by atoms with Crippen LogP contribution in [0.3, 0.4) is 0 Å². The fourth-order valence-electron chi connectivity index (χ4n) is 8.04. The molecule has 10 atom stereocenters. The van der Waals surface area contributed by atoms with Crippen LogP contribution in [0.4, 0.5) is 22.7 Å². The number of carbonyl (C=O) groups excluding carboxylic acids is 2. The lowest BCUT2D eigenvalue weighted by Gasteiger charge is -2.39. The number of hydrogen-bond acceptors (Lipinski definition) is 20. The second-order valence-electron chi connectivity index (χ2n) is 16.1. The van der Waals surface area contributed by atoms with Crippen molar-refractivity contribution in [2.24, 2.45) is 5.11 Å². The zero-order valence-electron chi connectivity index (χ0n) is 33.5. The number of nitro groups is 4. The first-order chi connectivity index (χ1) is 29.0. The molecule has 0 spiro atoms. The van der Waals surface area contributed by atoms with E-state index in [4.69, 9.17) is 42.6 Å². The molecule has 62 heavy (non-hydrogen) atoms. The van der Waals surface area contributed by atoms with Crippen LogP contribution >= 0.6 is 0 Å². The largest absolute Gasteiger partial charge is 0.454 e. The van der Waals surface area contributed by atoms with E-state index in [1.807, 2.05) is 0 Å². The van der Waals surface area contributed by atoms with Gasteiger partial charge in [0, 0.05) is 29.2 Å². The summed E-state index contributed by atoms with van der Waals surface area (Å²) in [5.74, 6) is -6.36. The molecule has 2 aromatic carbocycles. The Balaban J connectivity index is 1.39. The summed E-state index contributed by atoms with van der Waals surface area (Å²) in [5, 5.41) is 51.4. The molecule has 0 N–H and O–H groups in total. The molecule has 7 rings (SSSR count). The van der Waals surface area contributed by atoms with E-state index in [1.165, 1.54) is 0 Å². The number of amides is 1. The monoisotopic (exact) mass is 874 g/mol. The molecule has 1 amide bonds. The molecule has 2 aromatic rings. The smallest absolute Gasteiger partial charge is 0.339 e. The number of ether oxygens (including phenoxy) is 9. The minimum Gasteiger partial charge on any atom is -0.454 e. The molecule has 5 aliphatic rings. The lowest BCUT2D eigenvalue weighted by Crippen LogP contribution is -2.58. The van der Waals surface area contributed by atoms with Gasteiger partial charge in [-0.1, -0.05) is 5.11 Å². The van der Waals surface area contributed by atoms with Crippen molar-refractivity contribution in [3.8, 4) is 0 Å². The summed E-state index contributed by atoms with van der Waals surface area (Å²) < 4.78 is 54.5. The van der Waals surface area contributed by atoms with E-state index in [-0.39, 0.29) is 6.61 Å². The highest BCUT2D eigenvalue weighted by Crippen LogP contribution is 2.45. The standard InChI is InChI=1S/C35H38N8O19/c1-33(2)54-14-22(58-33)26-24(28-32(57-26)62-35(5,6)60-28)39(29(44)15-7-17(40(46)47)11-18(8-15)41(48)49)13-21(25-23(37-38-36)27-31(56-25)61-34(3,4)59-27)55-30(45)16-9-19(42(50)51)12-20(10-16)43(52)53/h7-12,21-28,31-32H,13-14H2,1-6H3/t21?,22?,23-,24-,25+,26+,27+,28+,31+,32+/m0/s1. The Bertz CT molecular complexity index is 2200. The van der Waals surface area contributed by atoms with Crippen molar-refractivity contribution in [2.45, 2.75) is 120 Å². The maximum absolute atomic E-state index is 15.1. The molecule has 0 aliphatic carbocycles. The summed E-state index contributed by atoms with van der Waals surface area (Å²) >= 11 is 0. The fraction of sp³-hybridized carbons (Fsp3) is 0.600. The summed E-state index contributed by atoms with van der Waals surface area (Å²) in [4.78, 5) is 76.9. The maximum Gasteiger partial charge on any atom is 0.339 e. The van der Waals surface area contributed by atoms with Gasteiger partial charge in [0.1, 0.15) is 36.6 Å². The van der Waals surface area contributed by atoms with Crippen molar-refractivity contribution in [1.82, 2.24) is 4.90 Å². The van der Waals surface area contributed by atoms with Gasteiger partial charge in [0.05, 0.1) is 68.2 Å². The summed E-state index contributed by atoms with van der Waals surface area (Å²) in [6.07, 6.45) is -10.5. The molecule has 5 fully saturated rings. The van der Waals surface area contributed by atoms with Gasteiger partial charge in [-0.3, -0.25) is 45.3 Å². The highest BCUT2D eigenvalue weighted by atomic mass is 16.8. The van der Waals surface area contributed by atoms with Crippen LogP contribution in [-0.4, -0.2) is 128 Å². The normalized spacial score (nSPS) is 30.4. The van der Waals surface area contributed by atoms with E-state index >= 15 is 4.79 Å². The number of rotatable bonds is 13. The van der Waals surface area contributed by atoms with E-state index in [0.717, 1.165) is 17.0 Å². The van der Waals surface area contributed by atoms with E-state index in [1.54, 1.807) is 41.5 Å². The average molecular weight is 875 g/mol. The van der Waals surface area contributed by atoms with Gasteiger partial charge in [0.15, 0.2) is 29.9 Å². The van der Waals surface area contributed by atoms with Crippen LogP contribution in [0.5, 0.6) is 0 Å². The van der Waals surface area contributed by atoms with Gasteiger partial charge < -0.3 is 47.5 Å². The molecule has 2 unspecified atom stereocenters. The first-order valence-corrected chi connectivity index (χ1v) is 18.7. The van der Waals surface area contributed by atoms with Gasteiger partial charge in [-0.05, 0) is 47.1 Å². The van der Waals surface area contributed by atoms with Crippen LogP contribution in [0.2, 0.25) is 0 Å². The Morgan fingerprint density at radius 2 is 1.24 bits per heavy atom. The number of carbonyl (C=O) groups is 2. The number of benzene rings is 2. The molecule has 27 nitrogen and oxygen atoms in total. The Morgan fingerprint density at radius 1 is 0.742 bits per heavy atom. The van der Waals surface area contributed by atoms with Crippen LogP contribution in [0.15, 0.2) is 41.5 Å². The van der Waals surface area contributed by atoms with E-state index in [0.29, 0.717) is 24.3 Å². The molecule has 5 saturated heterocycles. The van der Waals surface area contributed by atoms with Crippen molar-refractivity contribution >= 4 is 34.6 Å². The van der Waals surface area contributed by atoms with Crippen molar-refractivity contribution < 1.29 is 71.9 Å². The molecular weight excluding hydrogens is 836 g/mol. The Hall–Kier alpha value is -6.03. The number of nitrogens with zero attached hydrogens (tertiary/aromatic N) is 8. The SMILES string of the molecule is CC1(C)OCC([C@H]2O[C@@H]3OC(C)(C)O[C@@H]3[C@H]2N(CC(OC(=O)c2cc([N+](=O)[O-])cc([N+](=O)[O-])c2)[C@H]2O[C@@H]3OC(C)(C)O[C@@H]3[C@H]2N=[N+]=[N-])C(=O)c2cc([N+](=O)[O-])cc([N+](=O)[O-])c2)O1. The summed E-state index contributed by atoms with van der Waals surface area (Å²) in [5.41, 5.74) is 5.04. The van der Waals surface area contributed by atoms with Crippen LogP contribution in [0.1, 0.15) is 62.3 Å².